The van der Waals surface area contributed by atoms with Crippen molar-refractivity contribution in [3.05, 3.63) is 34.8 Å². The molecule has 2 rings (SSSR count). The molecule has 1 N–H and O–H groups in total. The van der Waals surface area contributed by atoms with Crippen molar-refractivity contribution in [2.45, 2.75) is 12.8 Å². The van der Waals surface area contributed by atoms with E-state index in [1.807, 2.05) is 18.2 Å². The lowest BCUT2D eigenvalue weighted by molar-refractivity contribution is 0.395. The molecule has 0 fully saturated rings. The van der Waals surface area contributed by atoms with E-state index >= 15 is 0 Å². The highest BCUT2D eigenvalue weighted by atomic mass is 32.1. The first-order chi connectivity index (χ1) is 9.75. The highest BCUT2D eigenvalue weighted by Gasteiger charge is 2.04. The molecule has 2 aromatic heterocycles. The van der Waals surface area contributed by atoms with Crippen LogP contribution in [0.4, 0.5) is 0 Å². The van der Waals surface area contributed by atoms with Crippen LogP contribution in [0.3, 0.4) is 0 Å². The molecular weight excluding hydrogens is 268 g/mol. The summed E-state index contributed by atoms with van der Waals surface area (Å²) in [5, 5.41) is 6.72. The summed E-state index contributed by atoms with van der Waals surface area (Å²) in [6.45, 7) is 3.19. The van der Waals surface area contributed by atoms with Crippen molar-refractivity contribution < 1.29 is 0 Å². The topological polar surface area (TPSA) is 41.0 Å². The van der Waals surface area contributed by atoms with Gasteiger partial charge in [0.1, 0.15) is 0 Å². The van der Waals surface area contributed by atoms with Gasteiger partial charge in [-0.05, 0) is 45.7 Å². The van der Waals surface area contributed by atoms with Crippen molar-refractivity contribution in [2.75, 3.05) is 33.7 Å². The van der Waals surface area contributed by atoms with Crippen LogP contribution in [0.15, 0.2) is 29.8 Å². The van der Waals surface area contributed by atoms with E-state index < -0.39 is 0 Å². The Kier molecular flexibility index (Phi) is 6.11. The summed E-state index contributed by atoms with van der Waals surface area (Å²) in [7, 11) is 4.21. The van der Waals surface area contributed by atoms with Crippen LogP contribution in [0.5, 0.6) is 0 Å². The Hall–Kier alpha value is -1.30. The standard InChI is InChI=1S/C15H22N4S/c1-19(2)11-5-8-16-10-7-15-18-14(12-20-15)13-6-3-4-9-17-13/h3-4,6,9,12,16H,5,7-8,10-11H2,1-2H3. The molecule has 0 aromatic carbocycles. The average Bonchev–Trinajstić information content (AvgIpc) is 2.92. The van der Waals surface area contributed by atoms with Gasteiger partial charge in [-0.25, -0.2) is 4.98 Å². The highest BCUT2D eigenvalue weighted by Crippen LogP contribution is 2.19. The van der Waals surface area contributed by atoms with Crippen molar-refractivity contribution >= 4 is 11.3 Å². The Morgan fingerprint density at radius 3 is 2.85 bits per heavy atom. The molecule has 5 heteroatoms. The molecule has 2 heterocycles. The van der Waals surface area contributed by atoms with E-state index in [2.05, 4.69) is 39.7 Å². The zero-order valence-corrected chi connectivity index (χ0v) is 13.0. The van der Waals surface area contributed by atoms with Crippen molar-refractivity contribution in [3.63, 3.8) is 0 Å². The minimum Gasteiger partial charge on any atom is -0.316 e. The van der Waals surface area contributed by atoms with Crippen LogP contribution in [-0.4, -0.2) is 48.6 Å². The van der Waals surface area contributed by atoms with Crippen LogP contribution in [0.1, 0.15) is 11.4 Å². The largest absolute Gasteiger partial charge is 0.316 e. The number of nitrogens with zero attached hydrogens (tertiary/aromatic N) is 3. The third kappa shape index (κ3) is 5.00. The maximum Gasteiger partial charge on any atom is 0.0998 e. The lowest BCUT2D eigenvalue weighted by atomic mass is 10.3. The van der Waals surface area contributed by atoms with Gasteiger partial charge in [0.05, 0.1) is 16.4 Å². The smallest absolute Gasteiger partial charge is 0.0998 e. The Labute approximate surface area is 124 Å². The summed E-state index contributed by atoms with van der Waals surface area (Å²) in [6, 6.07) is 5.92. The summed E-state index contributed by atoms with van der Waals surface area (Å²) in [5.74, 6) is 0. The summed E-state index contributed by atoms with van der Waals surface area (Å²) in [4.78, 5) is 11.2. The molecule has 0 aliphatic heterocycles. The maximum absolute atomic E-state index is 4.63. The fourth-order valence-corrected chi connectivity index (χ4v) is 2.69. The molecule has 0 aliphatic carbocycles. The SMILES string of the molecule is CN(C)CCCNCCc1nc(-c2ccccn2)cs1. The van der Waals surface area contributed by atoms with Crippen molar-refractivity contribution in [1.82, 2.24) is 20.2 Å². The molecular formula is C15H22N4S. The monoisotopic (exact) mass is 290 g/mol. The number of hydrogen-bond donors (Lipinski definition) is 1. The third-order valence-corrected chi connectivity index (χ3v) is 3.86. The van der Waals surface area contributed by atoms with Gasteiger partial charge in [0.2, 0.25) is 0 Å². The van der Waals surface area contributed by atoms with Gasteiger partial charge >= 0.3 is 0 Å². The van der Waals surface area contributed by atoms with Crippen molar-refractivity contribution in [3.8, 4) is 11.4 Å². The molecule has 20 heavy (non-hydrogen) atoms. The average molecular weight is 290 g/mol. The van der Waals surface area contributed by atoms with Gasteiger partial charge in [-0.3, -0.25) is 4.98 Å². The molecule has 0 spiro atoms. The summed E-state index contributed by atoms with van der Waals surface area (Å²) in [5.41, 5.74) is 1.94. The first-order valence-corrected chi connectivity index (χ1v) is 7.85. The van der Waals surface area contributed by atoms with Gasteiger partial charge in [-0.2, -0.15) is 0 Å². The molecule has 2 aromatic rings. The Morgan fingerprint density at radius 1 is 1.20 bits per heavy atom. The molecule has 0 bridgehead atoms. The zero-order chi connectivity index (χ0) is 14.2. The second-order valence-corrected chi connectivity index (χ2v) is 5.94. The third-order valence-electron chi connectivity index (χ3n) is 2.95. The van der Waals surface area contributed by atoms with Crippen molar-refractivity contribution in [2.24, 2.45) is 0 Å². The predicted octanol–water partition coefficient (Wildman–Crippen LogP) is 2.29. The lowest BCUT2D eigenvalue weighted by Crippen LogP contribution is -2.23. The first kappa shape index (κ1) is 15.1. The van der Waals surface area contributed by atoms with Gasteiger partial charge in [0.25, 0.3) is 0 Å². The fourth-order valence-electron chi connectivity index (χ4n) is 1.90. The summed E-state index contributed by atoms with van der Waals surface area (Å²) >= 11 is 1.71. The van der Waals surface area contributed by atoms with Crippen LogP contribution in [0, 0.1) is 0 Å². The van der Waals surface area contributed by atoms with Gasteiger partial charge in [-0.15, -0.1) is 11.3 Å². The van der Waals surface area contributed by atoms with Crippen LogP contribution < -0.4 is 5.32 Å². The van der Waals surface area contributed by atoms with E-state index in [0.29, 0.717) is 0 Å². The highest BCUT2D eigenvalue weighted by molar-refractivity contribution is 7.09. The van der Waals surface area contributed by atoms with E-state index in [1.165, 1.54) is 11.4 Å². The molecule has 0 amide bonds. The van der Waals surface area contributed by atoms with Crippen LogP contribution in [-0.2, 0) is 6.42 Å². The summed E-state index contributed by atoms with van der Waals surface area (Å²) in [6.07, 6.45) is 3.98. The van der Waals surface area contributed by atoms with Crippen molar-refractivity contribution in [1.29, 1.82) is 0 Å². The van der Waals surface area contributed by atoms with Crippen LogP contribution >= 0.6 is 11.3 Å². The minimum atomic E-state index is 0.953. The predicted molar refractivity (Wildman–Crippen MR) is 85.1 cm³/mol. The maximum atomic E-state index is 4.63. The number of aromatic nitrogens is 2. The van der Waals surface area contributed by atoms with E-state index in [9.17, 15) is 0 Å². The first-order valence-electron chi connectivity index (χ1n) is 6.97. The Morgan fingerprint density at radius 2 is 2.10 bits per heavy atom. The van der Waals surface area contributed by atoms with Crippen LogP contribution in [0.25, 0.3) is 11.4 Å². The Bertz CT molecular complexity index is 496. The lowest BCUT2D eigenvalue weighted by Gasteiger charge is -2.09. The number of nitrogens with one attached hydrogen (secondary N) is 1. The van der Waals surface area contributed by atoms with E-state index in [-0.39, 0.29) is 0 Å². The summed E-state index contributed by atoms with van der Waals surface area (Å²) < 4.78 is 0. The zero-order valence-electron chi connectivity index (χ0n) is 12.2. The second-order valence-electron chi connectivity index (χ2n) is 5.00. The fraction of sp³-hybridized carbons (Fsp3) is 0.467. The number of rotatable bonds is 8. The quantitative estimate of drug-likeness (QED) is 0.757. The van der Waals surface area contributed by atoms with E-state index in [0.717, 1.165) is 37.4 Å². The minimum absolute atomic E-state index is 0.953. The molecule has 0 unspecified atom stereocenters. The van der Waals surface area contributed by atoms with E-state index in [1.54, 1.807) is 17.5 Å². The second kappa shape index (κ2) is 8.09. The van der Waals surface area contributed by atoms with Crippen LogP contribution in [0.2, 0.25) is 0 Å². The molecule has 0 atom stereocenters. The molecule has 4 nitrogen and oxygen atoms in total. The van der Waals surface area contributed by atoms with Gasteiger partial charge in [-0.1, -0.05) is 6.07 Å². The van der Waals surface area contributed by atoms with Gasteiger partial charge < -0.3 is 10.2 Å². The molecule has 0 aliphatic rings. The van der Waals surface area contributed by atoms with Gasteiger partial charge in [0.15, 0.2) is 0 Å². The number of thiazole rings is 1. The number of pyridine rings is 1. The molecule has 108 valence electrons. The number of hydrogen-bond acceptors (Lipinski definition) is 5. The van der Waals surface area contributed by atoms with Gasteiger partial charge in [0, 0.05) is 24.5 Å². The molecule has 0 saturated heterocycles. The molecule has 0 saturated carbocycles. The molecule has 0 radical (unpaired) electrons. The Balaban J connectivity index is 1.71. The normalized spacial score (nSPS) is 11.2. The van der Waals surface area contributed by atoms with E-state index in [4.69, 9.17) is 0 Å².